The first-order chi connectivity index (χ1) is 9.49. The van der Waals surface area contributed by atoms with Crippen LogP contribution in [0, 0.1) is 16.1 Å². The third-order valence-electron chi connectivity index (χ3n) is 2.40. The van der Waals surface area contributed by atoms with E-state index in [1.54, 1.807) is 0 Å². The second-order valence-corrected chi connectivity index (χ2v) is 4.13. The summed E-state index contributed by atoms with van der Waals surface area (Å²) in [6, 6.07) is 6.40. The van der Waals surface area contributed by atoms with Crippen molar-refractivity contribution in [2.45, 2.75) is 0 Å². The normalized spacial score (nSPS) is 10.1. The molecular formula is C12H7ClFN3O3. The number of nitro benzene ring substituents is 1. The molecule has 102 valence electrons. The van der Waals surface area contributed by atoms with Gasteiger partial charge in [0.05, 0.1) is 10.5 Å². The van der Waals surface area contributed by atoms with Crippen LogP contribution in [-0.4, -0.2) is 15.8 Å². The van der Waals surface area contributed by atoms with Crippen molar-refractivity contribution in [3.8, 4) is 0 Å². The molecule has 0 bridgehead atoms. The minimum absolute atomic E-state index is 0.0550. The lowest BCUT2D eigenvalue weighted by Crippen LogP contribution is -2.14. The Hall–Kier alpha value is -2.54. The van der Waals surface area contributed by atoms with Crippen molar-refractivity contribution in [2.24, 2.45) is 0 Å². The molecule has 0 fully saturated rings. The van der Waals surface area contributed by atoms with Crippen molar-refractivity contribution in [3.05, 3.63) is 63.2 Å². The fourth-order valence-electron chi connectivity index (χ4n) is 1.48. The Morgan fingerprint density at radius 2 is 2.15 bits per heavy atom. The van der Waals surface area contributed by atoms with E-state index < -0.39 is 16.8 Å². The van der Waals surface area contributed by atoms with E-state index in [9.17, 15) is 19.3 Å². The lowest BCUT2D eigenvalue weighted by atomic mass is 10.2. The maximum Gasteiger partial charge on any atom is 0.289 e. The van der Waals surface area contributed by atoms with Crippen LogP contribution in [0.15, 0.2) is 36.5 Å². The molecule has 0 atom stereocenters. The molecule has 0 spiro atoms. The van der Waals surface area contributed by atoms with E-state index in [2.05, 4.69) is 10.3 Å². The summed E-state index contributed by atoms with van der Waals surface area (Å²) in [6.45, 7) is 0. The molecule has 0 saturated carbocycles. The van der Waals surface area contributed by atoms with Gasteiger partial charge in [-0.1, -0.05) is 11.6 Å². The van der Waals surface area contributed by atoms with Gasteiger partial charge in [0.2, 0.25) is 5.95 Å². The Labute approximate surface area is 117 Å². The number of hydrogen-bond donors (Lipinski definition) is 1. The Kier molecular flexibility index (Phi) is 3.90. The molecular weight excluding hydrogens is 289 g/mol. The van der Waals surface area contributed by atoms with Crippen molar-refractivity contribution < 1.29 is 14.1 Å². The van der Waals surface area contributed by atoms with Crippen molar-refractivity contribution in [2.75, 3.05) is 5.32 Å². The molecule has 2 aromatic rings. The number of benzene rings is 1. The largest absolute Gasteiger partial charge is 0.322 e. The number of nitrogens with one attached hydrogen (secondary N) is 1. The molecule has 20 heavy (non-hydrogen) atoms. The SMILES string of the molecule is O=C(Nc1ccc(Cl)c([N+](=O)[O-])c1)c1cccnc1F. The molecule has 1 amide bonds. The number of hydrogen-bond acceptors (Lipinski definition) is 4. The van der Waals surface area contributed by atoms with Gasteiger partial charge in [-0.05, 0) is 24.3 Å². The van der Waals surface area contributed by atoms with Crippen molar-refractivity contribution in [3.63, 3.8) is 0 Å². The van der Waals surface area contributed by atoms with Gasteiger partial charge in [-0.15, -0.1) is 0 Å². The monoisotopic (exact) mass is 295 g/mol. The number of nitrogens with zero attached hydrogens (tertiary/aromatic N) is 2. The van der Waals surface area contributed by atoms with E-state index >= 15 is 0 Å². The third-order valence-corrected chi connectivity index (χ3v) is 2.72. The van der Waals surface area contributed by atoms with Crippen molar-refractivity contribution in [1.82, 2.24) is 4.98 Å². The number of nitro groups is 1. The standard InChI is InChI=1S/C12H7ClFN3O3/c13-9-4-3-7(6-10(9)17(19)20)16-12(18)8-2-1-5-15-11(8)14/h1-6H,(H,16,18). The van der Waals surface area contributed by atoms with E-state index in [0.717, 1.165) is 6.07 Å². The first-order valence-electron chi connectivity index (χ1n) is 5.35. The van der Waals surface area contributed by atoms with E-state index in [0.29, 0.717) is 0 Å². The van der Waals surface area contributed by atoms with Crippen molar-refractivity contribution in [1.29, 1.82) is 0 Å². The average molecular weight is 296 g/mol. The van der Waals surface area contributed by atoms with Crippen LogP contribution in [0.2, 0.25) is 5.02 Å². The Balaban J connectivity index is 2.27. The number of rotatable bonds is 3. The third kappa shape index (κ3) is 2.89. The Morgan fingerprint density at radius 3 is 2.80 bits per heavy atom. The molecule has 0 aliphatic heterocycles. The molecule has 8 heteroatoms. The zero-order valence-electron chi connectivity index (χ0n) is 9.84. The van der Waals surface area contributed by atoms with Crippen LogP contribution < -0.4 is 5.32 Å². The minimum Gasteiger partial charge on any atom is -0.322 e. The number of carbonyl (C=O) groups excluding carboxylic acids is 1. The topological polar surface area (TPSA) is 85.1 Å². The lowest BCUT2D eigenvalue weighted by molar-refractivity contribution is -0.384. The highest BCUT2D eigenvalue weighted by Gasteiger charge is 2.16. The van der Waals surface area contributed by atoms with Gasteiger partial charge in [-0.2, -0.15) is 4.39 Å². The van der Waals surface area contributed by atoms with Crippen molar-refractivity contribution >= 4 is 28.9 Å². The Bertz CT molecular complexity index is 693. The summed E-state index contributed by atoms with van der Waals surface area (Å²) in [6.07, 6.45) is 1.21. The van der Waals surface area contributed by atoms with Crippen LogP contribution in [0.5, 0.6) is 0 Å². The number of anilines is 1. The maximum atomic E-state index is 13.3. The van der Waals surface area contributed by atoms with Gasteiger partial charge in [0.15, 0.2) is 0 Å². The summed E-state index contributed by atoms with van der Waals surface area (Å²) in [5.41, 5.74) is -0.476. The van der Waals surface area contributed by atoms with Crippen LogP contribution in [0.25, 0.3) is 0 Å². The quantitative estimate of drug-likeness (QED) is 0.536. The highest BCUT2D eigenvalue weighted by molar-refractivity contribution is 6.32. The molecule has 1 aromatic carbocycles. The fourth-order valence-corrected chi connectivity index (χ4v) is 1.67. The zero-order chi connectivity index (χ0) is 14.7. The number of aromatic nitrogens is 1. The summed E-state index contributed by atoms with van der Waals surface area (Å²) in [5, 5.41) is 13.0. The van der Waals surface area contributed by atoms with Gasteiger partial charge in [0, 0.05) is 18.0 Å². The number of halogens is 2. The predicted octanol–water partition coefficient (Wildman–Crippen LogP) is 3.03. The first kappa shape index (κ1) is 13.9. The van der Waals surface area contributed by atoms with Gasteiger partial charge in [-0.25, -0.2) is 4.98 Å². The molecule has 0 radical (unpaired) electrons. The van der Waals surface area contributed by atoms with Gasteiger partial charge in [-0.3, -0.25) is 14.9 Å². The molecule has 0 aliphatic rings. The lowest BCUT2D eigenvalue weighted by Gasteiger charge is -2.06. The molecule has 1 aromatic heterocycles. The first-order valence-corrected chi connectivity index (χ1v) is 5.72. The molecule has 0 saturated heterocycles. The van der Waals surface area contributed by atoms with E-state index in [1.807, 2.05) is 0 Å². The Morgan fingerprint density at radius 1 is 1.40 bits per heavy atom. The molecule has 0 unspecified atom stereocenters. The fraction of sp³-hybridized carbons (Fsp3) is 0. The van der Waals surface area contributed by atoms with E-state index in [4.69, 9.17) is 11.6 Å². The summed E-state index contributed by atoms with van der Waals surface area (Å²) >= 11 is 5.65. The van der Waals surface area contributed by atoms with E-state index in [-0.39, 0.29) is 22.0 Å². The molecule has 2 rings (SSSR count). The number of pyridine rings is 1. The summed E-state index contributed by atoms with van der Waals surface area (Å²) in [7, 11) is 0. The van der Waals surface area contributed by atoms with Crippen LogP contribution in [0.1, 0.15) is 10.4 Å². The summed E-state index contributed by atoms with van der Waals surface area (Å²) in [5.74, 6) is -1.68. The average Bonchev–Trinajstić information content (AvgIpc) is 2.41. The summed E-state index contributed by atoms with van der Waals surface area (Å²) in [4.78, 5) is 25.2. The molecule has 6 nitrogen and oxygen atoms in total. The maximum absolute atomic E-state index is 13.3. The minimum atomic E-state index is -0.923. The summed E-state index contributed by atoms with van der Waals surface area (Å²) < 4.78 is 13.3. The van der Waals surface area contributed by atoms with Crippen LogP contribution in [0.4, 0.5) is 15.8 Å². The van der Waals surface area contributed by atoms with Gasteiger partial charge in [0.25, 0.3) is 11.6 Å². The highest BCUT2D eigenvalue weighted by Crippen LogP contribution is 2.27. The number of amides is 1. The second kappa shape index (κ2) is 5.62. The number of carbonyl (C=O) groups is 1. The second-order valence-electron chi connectivity index (χ2n) is 3.72. The van der Waals surface area contributed by atoms with E-state index in [1.165, 1.54) is 30.5 Å². The smallest absolute Gasteiger partial charge is 0.289 e. The predicted molar refractivity (Wildman–Crippen MR) is 70.3 cm³/mol. The molecule has 1 heterocycles. The zero-order valence-corrected chi connectivity index (χ0v) is 10.6. The van der Waals surface area contributed by atoms with Crippen LogP contribution >= 0.6 is 11.6 Å². The molecule has 1 N–H and O–H groups in total. The van der Waals surface area contributed by atoms with Gasteiger partial charge in [0.1, 0.15) is 5.02 Å². The molecule has 0 aliphatic carbocycles. The van der Waals surface area contributed by atoms with Crippen LogP contribution in [0.3, 0.4) is 0 Å². The van der Waals surface area contributed by atoms with Gasteiger partial charge >= 0.3 is 0 Å². The van der Waals surface area contributed by atoms with Gasteiger partial charge < -0.3 is 5.32 Å². The highest BCUT2D eigenvalue weighted by atomic mass is 35.5. The van der Waals surface area contributed by atoms with Crippen LogP contribution in [-0.2, 0) is 0 Å².